The Morgan fingerprint density at radius 2 is 1.70 bits per heavy atom. The topological polar surface area (TPSA) is 139 Å². The lowest BCUT2D eigenvalue weighted by Gasteiger charge is -2.26. The average molecular weight is 657 g/mol. The number of methoxy groups -OCH3 is 1. The van der Waals surface area contributed by atoms with Gasteiger partial charge in [0.2, 0.25) is 10.0 Å². The van der Waals surface area contributed by atoms with E-state index in [1.807, 2.05) is 26.0 Å². The van der Waals surface area contributed by atoms with Crippen molar-refractivity contribution >= 4 is 50.6 Å². The van der Waals surface area contributed by atoms with E-state index in [4.69, 9.17) is 4.74 Å². The van der Waals surface area contributed by atoms with Gasteiger partial charge < -0.3 is 10.1 Å². The summed E-state index contributed by atoms with van der Waals surface area (Å²) in [6, 6.07) is 19.8. The zero-order chi connectivity index (χ0) is 33.0. The SMILES string of the molecule is COC(=O)c1ccc(C=c2sc(=C(C#N)C(=O)Nc3cccc(S(=O)(=O)N4CCCCC4)c3)n(-c3cccc(C)c3C)c2=O)cc1. The van der Waals surface area contributed by atoms with Crippen molar-refractivity contribution in [1.82, 2.24) is 8.87 Å². The van der Waals surface area contributed by atoms with E-state index in [1.54, 1.807) is 48.5 Å². The Hall–Kier alpha value is -4.83. The summed E-state index contributed by atoms with van der Waals surface area (Å²) in [5.74, 6) is -1.28. The summed E-state index contributed by atoms with van der Waals surface area (Å²) >= 11 is 0.983. The zero-order valence-electron chi connectivity index (χ0n) is 25.6. The number of aryl methyl sites for hydroxylation is 1. The molecule has 4 aromatic rings. The Morgan fingerprint density at radius 3 is 2.37 bits per heavy atom. The van der Waals surface area contributed by atoms with E-state index in [0.29, 0.717) is 29.9 Å². The highest BCUT2D eigenvalue weighted by atomic mass is 32.2. The van der Waals surface area contributed by atoms with Gasteiger partial charge in [-0.1, -0.05) is 36.8 Å². The lowest BCUT2D eigenvalue weighted by Crippen LogP contribution is -2.35. The first kappa shape index (κ1) is 32.6. The number of ether oxygens (including phenoxy) is 1. The van der Waals surface area contributed by atoms with Crippen molar-refractivity contribution in [3.8, 4) is 11.8 Å². The second-order valence-corrected chi connectivity index (χ2v) is 13.8. The maximum atomic E-state index is 13.9. The van der Waals surface area contributed by atoms with Crippen LogP contribution in [0.2, 0.25) is 0 Å². The number of carbonyl (C=O) groups excluding carboxylic acids is 2. The zero-order valence-corrected chi connectivity index (χ0v) is 27.2. The molecule has 1 amide bonds. The molecule has 0 aliphatic carbocycles. The molecule has 1 aromatic heterocycles. The molecule has 0 unspecified atom stereocenters. The predicted molar refractivity (Wildman–Crippen MR) is 177 cm³/mol. The lowest BCUT2D eigenvalue weighted by molar-refractivity contribution is -0.111. The van der Waals surface area contributed by atoms with Crippen LogP contribution in [0.5, 0.6) is 0 Å². The van der Waals surface area contributed by atoms with E-state index >= 15 is 0 Å². The van der Waals surface area contributed by atoms with Crippen molar-refractivity contribution in [2.75, 3.05) is 25.5 Å². The van der Waals surface area contributed by atoms with Crippen LogP contribution in [-0.4, -0.2) is 49.4 Å². The summed E-state index contributed by atoms with van der Waals surface area (Å²) in [6.07, 6.45) is 4.18. The van der Waals surface area contributed by atoms with Crippen molar-refractivity contribution in [2.24, 2.45) is 0 Å². The van der Waals surface area contributed by atoms with E-state index in [1.165, 1.54) is 34.2 Å². The largest absolute Gasteiger partial charge is 0.465 e. The number of sulfonamides is 1. The maximum Gasteiger partial charge on any atom is 0.337 e. The third-order valence-corrected chi connectivity index (χ3v) is 10.9. The number of piperidine rings is 1. The summed E-state index contributed by atoms with van der Waals surface area (Å²) in [5, 5.41) is 12.9. The van der Waals surface area contributed by atoms with Crippen LogP contribution >= 0.6 is 11.3 Å². The van der Waals surface area contributed by atoms with Crippen LogP contribution in [0.4, 0.5) is 5.69 Å². The van der Waals surface area contributed by atoms with Crippen molar-refractivity contribution in [3.05, 3.63) is 109 Å². The van der Waals surface area contributed by atoms with Crippen molar-refractivity contribution < 1.29 is 22.7 Å². The second kappa shape index (κ2) is 13.7. The Kier molecular flexibility index (Phi) is 9.67. The number of carbonyl (C=O) groups is 2. The first-order valence-corrected chi connectivity index (χ1v) is 16.9. The molecular formula is C34H32N4O6S2. The summed E-state index contributed by atoms with van der Waals surface area (Å²) in [6.45, 7) is 4.63. The van der Waals surface area contributed by atoms with Crippen LogP contribution in [-0.2, 0) is 19.6 Å². The predicted octanol–water partition coefficient (Wildman–Crippen LogP) is 3.62. The Bertz CT molecular complexity index is 2150. The molecule has 2 heterocycles. The molecule has 5 rings (SSSR count). The van der Waals surface area contributed by atoms with Gasteiger partial charge in [0.05, 0.1) is 27.8 Å². The Balaban J connectivity index is 1.62. The molecule has 236 valence electrons. The Morgan fingerprint density at radius 1 is 1.00 bits per heavy atom. The standard InChI is InChI=1S/C34H32N4O6S2/c1-22-9-7-12-29(23(22)2)38-32(40)30(19-24-13-15-25(16-14-24)34(41)44-3)45-33(38)28(21-35)31(39)36-26-10-8-11-27(20-26)46(42,43)37-17-5-4-6-18-37/h7-16,19-20H,4-6,17-18H2,1-3H3,(H,36,39). The fourth-order valence-corrected chi connectivity index (χ4v) is 7.87. The number of aromatic nitrogens is 1. The fraction of sp³-hybridized carbons (Fsp3) is 0.235. The summed E-state index contributed by atoms with van der Waals surface area (Å²) in [7, 11) is -2.46. The van der Waals surface area contributed by atoms with Crippen LogP contribution < -0.4 is 20.1 Å². The molecular weight excluding hydrogens is 625 g/mol. The van der Waals surface area contributed by atoms with E-state index in [0.717, 1.165) is 41.7 Å². The van der Waals surface area contributed by atoms with E-state index in [2.05, 4.69) is 5.32 Å². The van der Waals surface area contributed by atoms with Gasteiger partial charge in [0.1, 0.15) is 10.7 Å². The van der Waals surface area contributed by atoms with Crippen LogP contribution in [0.15, 0.2) is 76.4 Å². The molecule has 1 fully saturated rings. The molecule has 1 N–H and O–H groups in total. The van der Waals surface area contributed by atoms with E-state index < -0.39 is 27.5 Å². The van der Waals surface area contributed by atoms with Crippen LogP contribution in [0.1, 0.15) is 46.3 Å². The van der Waals surface area contributed by atoms with Gasteiger partial charge in [0.25, 0.3) is 11.5 Å². The maximum absolute atomic E-state index is 13.9. The van der Waals surface area contributed by atoms with Gasteiger partial charge in [-0.2, -0.15) is 9.57 Å². The number of hydrogen-bond acceptors (Lipinski definition) is 8. The third kappa shape index (κ3) is 6.57. The molecule has 1 aliphatic heterocycles. The van der Waals surface area contributed by atoms with Crippen LogP contribution in [0.3, 0.4) is 0 Å². The first-order chi connectivity index (χ1) is 22.0. The smallest absolute Gasteiger partial charge is 0.337 e. The number of hydrogen-bond donors (Lipinski definition) is 1. The minimum absolute atomic E-state index is 0.0456. The van der Waals surface area contributed by atoms with E-state index in [-0.39, 0.29) is 25.4 Å². The van der Waals surface area contributed by atoms with Gasteiger partial charge in [-0.25, -0.2) is 13.2 Å². The minimum Gasteiger partial charge on any atom is -0.465 e. The highest BCUT2D eigenvalue weighted by Crippen LogP contribution is 2.23. The molecule has 1 saturated heterocycles. The van der Waals surface area contributed by atoms with Gasteiger partial charge in [-0.15, -0.1) is 11.3 Å². The number of nitriles is 1. The van der Waals surface area contributed by atoms with Crippen molar-refractivity contribution in [2.45, 2.75) is 38.0 Å². The molecule has 0 radical (unpaired) electrons. The number of benzene rings is 3. The highest BCUT2D eigenvalue weighted by molar-refractivity contribution is 7.89. The average Bonchev–Trinajstić information content (AvgIpc) is 3.37. The molecule has 46 heavy (non-hydrogen) atoms. The summed E-state index contributed by atoms with van der Waals surface area (Å²) in [4.78, 5) is 39.5. The van der Waals surface area contributed by atoms with Crippen LogP contribution in [0, 0.1) is 25.2 Å². The molecule has 1 aliphatic rings. The number of nitrogens with one attached hydrogen (secondary N) is 1. The molecule has 0 bridgehead atoms. The number of rotatable bonds is 7. The van der Waals surface area contributed by atoms with E-state index in [9.17, 15) is 28.1 Å². The van der Waals surface area contributed by atoms with Crippen molar-refractivity contribution in [1.29, 1.82) is 5.26 Å². The number of thiazole rings is 1. The van der Waals surface area contributed by atoms with Crippen LogP contribution in [0.25, 0.3) is 17.3 Å². The lowest BCUT2D eigenvalue weighted by atomic mass is 10.1. The first-order valence-electron chi connectivity index (χ1n) is 14.6. The number of amides is 1. The molecule has 10 nitrogen and oxygen atoms in total. The number of nitrogens with zero attached hydrogens (tertiary/aromatic N) is 3. The summed E-state index contributed by atoms with van der Waals surface area (Å²) < 4.78 is 34.4. The number of anilines is 1. The number of esters is 1. The molecule has 3 aromatic carbocycles. The van der Waals surface area contributed by atoms with Gasteiger partial charge in [-0.05, 0) is 85.9 Å². The normalized spacial score (nSPS) is 14.8. The summed E-state index contributed by atoms with van der Waals surface area (Å²) in [5.41, 5.74) is 2.67. The fourth-order valence-electron chi connectivity index (χ4n) is 5.21. The molecule has 0 spiro atoms. The second-order valence-electron chi connectivity index (χ2n) is 10.8. The van der Waals surface area contributed by atoms with Gasteiger partial charge in [0.15, 0.2) is 5.57 Å². The Labute approximate surface area is 270 Å². The van der Waals surface area contributed by atoms with Crippen molar-refractivity contribution in [3.63, 3.8) is 0 Å². The quantitative estimate of drug-likeness (QED) is 0.300. The molecule has 0 atom stereocenters. The third-order valence-electron chi connectivity index (χ3n) is 7.87. The van der Waals surface area contributed by atoms with Gasteiger partial charge in [-0.3, -0.25) is 14.2 Å². The van der Waals surface area contributed by atoms with Gasteiger partial charge >= 0.3 is 5.97 Å². The monoisotopic (exact) mass is 656 g/mol. The molecule has 0 saturated carbocycles. The molecule has 12 heteroatoms. The van der Waals surface area contributed by atoms with Gasteiger partial charge in [0, 0.05) is 18.8 Å². The minimum atomic E-state index is -3.75. The highest BCUT2D eigenvalue weighted by Gasteiger charge is 2.26.